The minimum absolute atomic E-state index is 0.126. The molecule has 0 saturated heterocycles. The number of ether oxygens (including phenoxy) is 2. The molecule has 11 heteroatoms. The zero-order chi connectivity index (χ0) is 26.8. The Bertz CT molecular complexity index is 1310. The van der Waals surface area contributed by atoms with E-state index in [0.717, 1.165) is 11.1 Å². The Hall–Kier alpha value is -3.76. The molecule has 0 unspecified atom stereocenters. The third kappa shape index (κ3) is 7.86. The van der Waals surface area contributed by atoms with Gasteiger partial charge in [0.25, 0.3) is 0 Å². The first-order valence-electron chi connectivity index (χ1n) is 11.2. The molecule has 0 aliphatic rings. The average molecular weight is 542 g/mol. The monoisotopic (exact) mass is 541 g/mol. The number of nitrogens with zero attached hydrogens (tertiary/aromatic N) is 3. The van der Waals surface area contributed by atoms with Gasteiger partial charge in [0.15, 0.2) is 22.5 Å². The van der Waals surface area contributed by atoms with E-state index in [1.807, 2.05) is 19.1 Å². The molecule has 2 amide bonds. The summed E-state index contributed by atoms with van der Waals surface area (Å²) in [6.45, 7) is 6.25. The summed E-state index contributed by atoms with van der Waals surface area (Å²) in [6, 6.07) is 10.7. The Kier molecular flexibility index (Phi) is 10.2. The van der Waals surface area contributed by atoms with Crippen molar-refractivity contribution in [2.75, 3.05) is 25.3 Å². The molecule has 0 aliphatic heterocycles. The molecule has 0 fully saturated rings. The molecule has 9 nitrogen and oxygen atoms in total. The van der Waals surface area contributed by atoms with Crippen LogP contribution in [0.15, 0.2) is 60.3 Å². The van der Waals surface area contributed by atoms with E-state index in [1.165, 1.54) is 17.8 Å². The molecule has 1 heterocycles. The maximum atomic E-state index is 12.4. The molecule has 0 bridgehead atoms. The van der Waals surface area contributed by atoms with Crippen LogP contribution in [0.5, 0.6) is 11.5 Å². The lowest BCUT2D eigenvalue weighted by Gasteiger charge is -2.09. The molecule has 0 radical (unpaired) electrons. The topological polar surface area (TPSA) is 107 Å². The van der Waals surface area contributed by atoms with Crippen LogP contribution in [0.25, 0.3) is 6.08 Å². The van der Waals surface area contributed by atoms with Gasteiger partial charge in [-0.15, -0.1) is 16.8 Å². The van der Waals surface area contributed by atoms with Gasteiger partial charge >= 0.3 is 0 Å². The molecular formula is C26H28ClN5O4S. The summed E-state index contributed by atoms with van der Waals surface area (Å²) in [4.78, 5) is 24.8. The van der Waals surface area contributed by atoms with Gasteiger partial charge in [-0.3, -0.25) is 9.59 Å². The van der Waals surface area contributed by atoms with Crippen LogP contribution in [-0.2, 0) is 22.7 Å². The van der Waals surface area contributed by atoms with Crippen molar-refractivity contribution in [1.82, 2.24) is 20.1 Å². The summed E-state index contributed by atoms with van der Waals surface area (Å²) in [5.41, 5.74) is 2.34. The lowest BCUT2D eigenvalue weighted by Crippen LogP contribution is -2.23. The Balaban J connectivity index is 1.57. The number of halogens is 1. The third-order valence-electron chi connectivity index (χ3n) is 5.15. The largest absolute Gasteiger partial charge is 0.493 e. The second-order valence-corrected chi connectivity index (χ2v) is 9.11. The normalized spacial score (nSPS) is 10.8. The Morgan fingerprint density at radius 1 is 1.14 bits per heavy atom. The second-order valence-electron chi connectivity index (χ2n) is 7.76. The highest BCUT2D eigenvalue weighted by atomic mass is 35.5. The lowest BCUT2D eigenvalue weighted by molar-refractivity contribution is -0.116. The highest BCUT2D eigenvalue weighted by molar-refractivity contribution is 7.99. The first kappa shape index (κ1) is 27.8. The van der Waals surface area contributed by atoms with Crippen LogP contribution in [0.4, 0.5) is 5.69 Å². The van der Waals surface area contributed by atoms with Crippen molar-refractivity contribution in [2.45, 2.75) is 25.2 Å². The number of carbonyl (C=O) groups is 2. The molecule has 1 aromatic heterocycles. The molecule has 37 heavy (non-hydrogen) atoms. The van der Waals surface area contributed by atoms with Crippen LogP contribution < -0.4 is 20.1 Å². The van der Waals surface area contributed by atoms with Crippen LogP contribution in [0.2, 0.25) is 5.02 Å². The van der Waals surface area contributed by atoms with Gasteiger partial charge in [-0.1, -0.05) is 41.6 Å². The van der Waals surface area contributed by atoms with Crippen molar-refractivity contribution < 1.29 is 19.1 Å². The molecule has 3 aromatic rings. The van der Waals surface area contributed by atoms with Crippen LogP contribution >= 0.6 is 23.4 Å². The summed E-state index contributed by atoms with van der Waals surface area (Å²) >= 11 is 7.36. The fraction of sp³-hybridized carbons (Fsp3) is 0.231. The molecule has 2 N–H and O–H groups in total. The van der Waals surface area contributed by atoms with E-state index in [4.69, 9.17) is 21.1 Å². The van der Waals surface area contributed by atoms with E-state index < -0.39 is 0 Å². The molecule has 2 aromatic carbocycles. The minimum atomic E-state index is -0.298. The van der Waals surface area contributed by atoms with Crippen LogP contribution in [-0.4, -0.2) is 46.6 Å². The zero-order valence-corrected chi connectivity index (χ0v) is 22.4. The van der Waals surface area contributed by atoms with E-state index in [2.05, 4.69) is 27.4 Å². The van der Waals surface area contributed by atoms with E-state index >= 15 is 0 Å². The van der Waals surface area contributed by atoms with Crippen molar-refractivity contribution in [3.63, 3.8) is 0 Å². The van der Waals surface area contributed by atoms with Crippen molar-refractivity contribution in [2.24, 2.45) is 0 Å². The molecule has 194 valence electrons. The fourth-order valence-corrected chi connectivity index (χ4v) is 4.17. The number of rotatable bonds is 12. The van der Waals surface area contributed by atoms with Gasteiger partial charge in [0.1, 0.15) is 0 Å². The number of carbonyl (C=O) groups excluding carboxylic acids is 2. The van der Waals surface area contributed by atoms with E-state index in [9.17, 15) is 9.59 Å². The maximum absolute atomic E-state index is 12.4. The predicted octanol–water partition coefficient (Wildman–Crippen LogP) is 4.50. The standard InChI is InChI=1S/C26H28ClN5O4S/c1-5-12-32-23(15-28-24(33)11-8-18-7-10-21(35-3)22(13-18)36-4)30-31-26(32)37-16-25(34)29-19-9-6-17(2)20(27)14-19/h5-11,13-14H,1,12,15-16H2,2-4H3,(H,28,33)(H,29,34)/b11-8+. The molecular weight excluding hydrogens is 514 g/mol. The van der Waals surface area contributed by atoms with E-state index in [1.54, 1.807) is 55.2 Å². The summed E-state index contributed by atoms with van der Waals surface area (Å²) in [7, 11) is 3.11. The van der Waals surface area contributed by atoms with Crippen molar-refractivity contribution in [3.8, 4) is 11.5 Å². The molecule has 0 aliphatic carbocycles. The molecule has 0 atom stereocenters. The average Bonchev–Trinajstić information content (AvgIpc) is 3.28. The lowest BCUT2D eigenvalue weighted by atomic mass is 10.2. The predicted molar refractivity (Wildman–Crippen MR) is 146 cm³/mol. The van der Waals surface area contributed by atoms with Gasteiger partial charge in [0.05, 0.1) is 26.5 Å². The van der Waals surface area contributed by atoms with Gasteiger partial charge in [0.2, 0.25) is 11.8 Å². The van der Waals surface area contributed by atoms with Crippen molar-refractivity contribution in [3.05, 3.63) is 77.1 Å². The SMILES string of the molecule is C=CCn1c(CNC(=O)/C=C/c2ccc(OC)c(OC)c2)nnc1SCC(=O)Nc1ccc(C)c(Cl)c1. The smallest absolute Gasteiger partial charge is 0.244 e. The van der Waals surface area contributed by atoms with Gasteiger partial charge < -0.3 is 24.7 Å². The van der Waals surface area contributed by atoms with E-state index in [0.29, 0.717) is 39.7 Å². The van der Waals surface area contributed by atoms with Gasteiger partial charge in [-0.25, -0.2) is 0 Å². The summed E-state index contributed by atoms with van der Waals surface area (Å²) in [5, 5.41) is 15.1. The quantitative estimate of drug-likeness (QED) is 0.197. The van der Waals surface area contributed by atoms with Crippen LogP contribution in [0.3, 0.4) is 0 Å². The van der Waals surface area contributed by atoms with Gasteiger partial charge in [-0.2, -0.15) is 0 Å². The molecule has 0 spiro atoms. The number of hydrogen-bond acceptors (Lipinski definition) is 7. The minimum Gasteiger partial charge on any atom is -0.493 e. The first-order chi connectivity index (χ1) is 17.8. The number of hydrogen-bond donors (Lipinski definition) is 2. The summed E-state index contributed by atoms with van der Waals surface area (Å²) in [6.07, 6.45) is 4.80. The van der Waals surface area contributed by atoms with Crippen LogP contribution in [0.1, 0.15) is 17.0 Å². The number of nitrogens with one attached hydrogen (secondary N) is 2. The number of allylic oxidation sites excluding steroid dienone is 1. The number of benzene rings is 2. The number of anilines is 1. The molecule has 3 rings (SSSR count). The number of thioether (sulfide) groups is 1. The Morgan fingerprint density at radius 2 is 1.92 bits per heavy atom. The third-order valence-corrected chi connectivity index (χ3v) is 6.52. The van der Waals surface area contributed by atoms with Gasteiger partial charge in [-0.05, 0) is 48.4 Å². The highest BCUT2D eigenvalue weighted by Gasteiger charge is 2.14. The number of aryl methyl sites for hydroxylation is 1. The zero-order valence-electron chi connectivity index (χ0n) is 20.8. The van der Waals surface area contributed by atoms with E-state index in [-0.39, 0.29) is 24.1 Å². The van der Waals surface area contributed by atoms with Gasteiger partial charge in [0, 0.05) is 23.3 Å². The summed E-state index contributed by atoms with van der Waals surface area (Å²) in [5.74, 6) is 1.35. The van der Waals surface area contributed by atoms with Crippen molar-refractivity contribution in [1.29, 1.82) is 0 Å². The maximum Gasteiger partial charge on any atom is 0.244 e. The highest BCUT2D eigenvalue weighted by Crippen LogP contribution is 2.28. The molecule has 0 saturated carbocycles. The Morgan fingerprint density at radius 3 is 2.62 bits per heavy atom. The number of aromatic nitrogens is 3. The number of amides is 2. The summed E-state index contributed by atoms with van der Waals surface area (Å²) < 4.78 is 12.3. The Labute approximate surface area is 224 Å². The second kappa shape index (κ2) is 13.5. The fourth-order valence-electron chi connectivity index (χ4n) is 3.22. The van der Waals surface area contributed by atoms with Crippen molar-refractivity contribution >= 4 is 46.9 Å². The van der Waals surface area contributed by atoms with Crippen LogP contribution in [0, 0.1) is 6.92 Å². The number of methoxy groups -OCH3 is 2. The first-order valence-corrected chi connectivity index (χ1v) is 12.6.